The van der Waals surface area contributed by atoms with Gasteiger partial charge in [-0.25, -0.2) is 4.39 Å². The number of nitrogens with one attached hydrogen (secondary N) is 1. The van der Waals surface area contributed by atoms with Crippen molar-refractivity contribution in [2.75, 3.05) is 5.32 Å². The molecule has 1 heterocycles. The van der Waals surface area contributed by atoms with Crippen LogP contribution in [-0.2, 0) is 4.79 Å². The number of carbonyl (C=O) groups is 1. The van der Waals surface area contributed by atoms with Crippen molar-refractivity contribution < 1.29 is 13.9 Å². The summed E-state index contributed by atoms with van der Waals surface area (Å²) in [5, 5.41) is 6.92. The molecule has 0 spiro atoms. The summed E-state index contributed by atoms with van der Waals surface area (Å²) in [5.74, 6) is -0.632. The Balaban J connectivity index is 1.78. The van der Waals surface area contributed by atoms with E-state index in [9.17, 15) is 14.0 Å². The number of amides is 1. The van der Waals surface area contributed by atoms with Gasteiger partial charge >= 0.3 is 0 Å². The van der Waals surface area contributed by atoms with E-state index in [0.29, 0.717) is 17.8 Å². The molecule has 6 nitrogen and oxygen atoms in total. The number of aromatic nitrogens is 2. The number of halogens is 2. The Bertz CT molecular complexity index is 1020. The van der Waals surface area contributed by atoms with E-state index in [2.05, 4.69) is 26.3 Å². The molecule has 3 rings (SSSR count). The number of nitrogens with zero attached hydrogens (tertiary/aromatic N) is 2. The molecule has 0 radical (unpaired) electrons. The molecule has 3 aromatic rings. The zero-order valence-electron chi connectivity index (χ0n) is 14.9. The largest absolute Gasteiger partial charge is 0.463 e. The van der Waals surface area contributed by atoms with Crippen molar-refractivity contribution in [2.24, 2.45) is 0 Å². The second-order valence-corrected chi connectivity index (χ2v) is 6.82. The SMILES string of the molecule is CCC(Oc1ccc(=O)n(-c2ccc(F)cc2)n1)C(=O)Nc1ccc(Br)cc1. The summed E-state index contributed by atoms with van der Waals surface area (Å²) in [6, 6.07) is 15.2. The fourth-order valence-corrected chi connectivity index (χ4v) is 2.71. The van der Waals surface area contributed by atoms with Crippen LogP contribution in [0.15, 0.2) is 69.9 Å². The van der Waals surface area contributed by atoms with Crippen LogP contribution >= 0.6 is 15.9 Å². The summed E-state index contributed by atoms with van der Waals surface area (Å²) in [4.78, 5) is 24.6. The lowest BCUT2D eigenvalue weighted by Gasteiger charge is -2.17. The molecule has 8 heteroatoms. The zero-order valence-corrected chi connectivity index (χ0v) is 16.5. The van der Waals surface area contributed by atoms with Crippen LogP contribution in [0.1, 0.15) is 13.3 Å². The molecule has 1 atom stereocenters. The first-order chi connectivity index (χ1) is 13.5. The van der Waals surface area contributed by atoms with Gasteiger partial charge in [-0.1, -0.05) is 22.9 Å². The first kappa shape index (κ1) is 19.8. The average molecular weight is 446 g/mol. The molecule has 1 amide bonds. The van der Waals surface area contributed by atoms with Crippen LogP contribution in [0.2, 0.25) is 0 Å². The Morgan fingerprint density at radius 1 is 1.14 bits per heavy atom. The maximum Gasteiger partial charge on any atom is 0.271 e. The van der Waals surface area contributed by atoms with Gasteiger partial charge in [0.25, 0.3) is 11.5 Å². The molecular formula is C20H17BrFN3O3. The van der Waals surface area contributed by atoms with Crippen LogP contribution < -0.4 is 15.6 Å². The molecule has 144 valence electrons. The highest BCUT2D eigenvalue weighted by Crippen LogP contribution is 2.16. The van der Waals surface area contributed by atoms with Gasteiger partial charge in [0.05, 0.1) is 5.69 Å². The first-order valence-electron chi connectivity index (χ1n) is 8.55. The Hall–Kier alpha value is -3.00. The van der Waals surface area contributed by atoms with E-state index in [-0.39, 0.29) is 11.8 Å². The third-order valence-electron chi connectivity index (χ3n) is 3.88. The predicted octanol–water partition coefficient (Wildman–Crippen LogP) is 3.93. The second kappa shape index (κ2) is 8.79. The van der Waals surface area contributed by atoms with E-state index in [1.54, 1.807) is 12.1 Å². The topological polar surface area (TPSA) is 73.2 Å². The van der Waals surface area contributed by atoms with Crippen LogP contribution in [-0.4, -0.2) is 21.8 Å². The van der Waals surface area contributed by atoms with Gasteiger partial charge in [0.15, 0.2) is 6.10 Å². The number of benzene rings is 2. The molecular weight excluding hydrogens is 429 g/mol. The standard InChI is InChI=1S/C20H17BrFN3O3/c1-2-17(20(27)23-15-7-3-13(21)4-8-15)28-18-11-12-19(26)25(24-18)16-9-5-14(22)6-10-16/h3-12,17H,2H2,1H3,(H,23,27). The van der Waals surface area contributed by atoms with Gasteiger partial charge in [0, 0.05) is 22.3 Å². The summed E-state index contributed by atoms with van der Waals surface area (Å²) in [5.41, 5.74) is 0.634. The number of hydrogen-bond donors (Lipinski definition) is 1. The quantitative estimate of drug-likeness (QED) is 0.623. The average Bonchev–Trinajstić information content (AvgIpc) is 2.69. The summed E-state index contributed by atoms with van der Waals surface area (Å²) in [7, 11) is 0. The maximum absolute atomic E-state index is 13.1. The predicted molar refractivity (Wildman–Crippen MR) is 107 cm³/mol. The number of rotatable bonds is 6. The lowest BCUT2D eigenvalue weighted by molar-refractivity contribution is -0.123. The lowest BCUT2D eigenvalue weighted by Crippen LogP contribution is -2.33. The highest BCUT2D eigenvalue weighted by Gasteiger charge is 2.20. The summed E-state index contributed by atoms with van der Waals surface area (Å²) >= 11 is 3.34. The van der Waals surface area contributed by atoms with Crippen molar-refractivity contribution in [1.82, 2.24) is 9.78 Å². The molecule has 0 aliphatic rings. The number of hydrogen-bond acceptors (Lipinski definition) is 4. The third kappa shape index (κ3) is 4.83. The van der Waals surface area contributed by atoms with Crippen molar-refractivity contribution in [2.45, 2.75) is 19.4 Å². The van der Waals surface area contributed by atoms with Crippen LogP contribution in [0.25, 0.3) is 5.69 Å². The van der Waals surface area contributed by atoms with Crippen molar-refractivity contribution in [1.29, 1.82) is 0 Å². The number of ether oxygens (including phenoxy) is 1. The van der Waals surface area contributed by atoms with Crippen molar-refractivity contribution in [3.63, 3.8) is 0 Å². The Morgan fingerprint density at radius 2 is 1.82 bits per heavy atom. The fourth-order valence-electron chi connectivity index (χ4n) is 2.45. The van der Waals surface area contributed by atoms with E-state index in [4.69, 9.17) is 4.74 Å². The Morgan fingerprint density at radius 3 is 2.46 bits per heavy atom. The molecule has 0 aliphatic heterocycles. The molecule has 0 fully saturated rings. The van der Waals surface area contributed by atoms with Gasteiger partial charge in [-0.3, -0.25) is 9.59 Å². The van der Waals surface area contributed by atoms with Crippen LogP contribution in [0.3, 0.4) is 0 Å². The molecule has 2 aromatic carbocycles. The molecule has 0 bridgehead atoms. The van der Waals surface area contributed by atoms with Crippen LogP contribution in [0, 0.1) is 5.82 Å². The lowest BCUT2D eigenvalue weighted by atomic mass is 10.2. The second-order valence-electron chi connectivity index (χ2n) is 5.91. The summed E-state index contributed by atoms with van der Waals surface area (Å²) in [6.45, 7) is 1.81. The zero-order chi connectivity index (χ0) is 20.1. The Labute approximate surface area is 169 Å². The first-order valence-corrected chi connectivity index (χ1v) is 9.35. The Kier molecular flexibility index (Phi) is 6.20. The molecule has 0 saturated heterocycles. The number of carbonyl (C=O) groups excluding carboxylic acids is 1. The molecule has 1 aromatic heterocycles. The highest BCUT2D eigenvalue weighted by molar-refractivity contribution is 9.10. The summed E-state index contributed by atoms with van der Waals surface area (Å²) in [6.07, 6.45) is -0.394. The van der Waals surface area contributed by atoms with Gasteiger partial charge in [0.2, 0.25) is 5.88 Å². The smallest absolute Gasteiger partial charge is 0.271 e. The maximum atomic E-state index is 13.1. The summed E-state index contributed by atoms with van der Waals surface area (Å²) < 4.78 is 20.8. The van der Waals surface area contributed by atoms with Crippen LogP contribution in [0.5, 0.6) is 5.88 Å². The molecule has 1 N–H and O–H groups in total. The van der Waals surface area contributed by atoms with Gasteiger partial charge in [-0.2, -0.15) is 4.68 Å². The molecule has 0 saturated carbocycles. The van der Waals surface area contributed by atoms with Gasteiger partial charge < -0.3 is 10.1 Å². The minimum atomic E-state index is -0.796. The van der Waals surface area contributed by atoms with Crippen molar-refractivity contribution >= 4 is 27.5 Å². The van der Waals surface area contributed by atoms with Gasteiger partial charge in [-0.05, 0) is 55.0 Å². The minimum absolute atomic E-state index is 0.113. The highest BCUT2D eigenvalue weighted by atomic mass is 79.9. The van der Waals surface area contributed by atoms with Gasteiger partial charge in [0.1, 0.15) is 5.82 Å². The van der Waals surface area contributed by atoms with Crippen molar-refractivity contribution in [3.05, 3.63) is 81.3 Å². The fraction of sp³-hybridized carbons (Fsp3) is 0.150. The van der Waals surface area contributed by atoms with E-state index in [1.165, 1.54) is 36.4 Å². The molecule has 0 aliphatic carbocycles. The molecule has 28 heavy (non-hydrogen) atoms. The molecule has 1 unspecified atom stereocenters. The van der Waals surface area contributed by atoms with Crippen LogP contribution in [0.4, 0.5) is 10.1 Å². The minimum Gasteiger partial charge on any atom is -0.463 e. The third-order valence-corrected chi connectivity index (χ3v) is 4.41. The number of anilines is 1. The normalized spacial score (nSPS) is 11.7. The van der Waals surface area contributed by atoms with Gasteiger partial charge in [-0.15, -0.1) is 5.10 Å². The monoisotopic (exact) mass is 445 g/mol. The van der Waals surface area contributed by atoms with E-state index >= 15 is 0 Å². The van der Waals surface area contributed by atoms with Crippen molar-refractivity contribution in [3.8, 4) is 11.6 Å². The van der Waals surface area contributed by atoms with E-state index in [1.807, 2.05) is 19.1 Å². The van der Waals surface area contributed by atoms with E-state index < -0.39 is 17.5 Å². The van der Waals surface area contributed by atoms with E-state index in [0.717, 1.165) is 9.15 Å².